The van der Waals surface area contributed by atoms with Crippen molar-refractivity contribution < 1.29 is 31.5 Å². The lowest BCUT2D eigenvalue weighted by Gasteiger charge is -2.28. The highest BCUT2D eigenvalue weighted by Crippen LogP contribution is 2.38. The normalized spacial score (nSPS) is 21.2. The third kappa shape index (κ3) is 2.65. The smallest absolute Gasteiger partial charge is 0.327 e. The van der Waals surface area contributed by atoms with Crippen LogP contribution in [0.15, 0.2) is 0 Å². The van der Waals surface area contributed by atoms with Gasteiger partial charge in [0.25, 0.3) is 0 Å². The third-order valence-corrected chi connectivity index (χ3v) is 3.19. The van der Waals surface area contributed by atoms with Crippen LogP contribution in [0.4, 0.5) is 22.0 Å². The second-order valence-electron chi connectivity index (χ2n) is 3.83. The first kappa shape index (κ1) is 15.3. The number of rotatable bonds is 3. The average Bonchev–Trinajstić information content (AvgIpc) is 2.73. The standard InChI is InChI=1S/C9H9BrF5NO2/c10-4-6(17)5-2-1-3-16(5)7(18)8(11,12)9(13,14)15/h5H,1-4H2/t5-/m0/s1. The highest BCUT2D eigenvalue weighted by molar-refractivity contribution is 9.09. The van der Waals surface area contributed by atoms with Crippen LogP contribution in [0.3, 0.4) is 0 Å². The maximum atomic E-state index is 12.9. The second-order valence-corrected chi connectivity index (χ2v) is 4.39. The Labute approximate surface area is 107 Å². The molecule has 18 heavy (non-hydrogen) atoms. The number of carbonyl (C=O) groups is 2. The zero-order chi connectivity index (χ0) is 14.1. The first-order valence-electron chi connectivity index (χ1n) is 4.97. The van der Waals surface area contributed by atoms with Crippen LogP contribution in [0.2, 0.25) is 0 Å². The van der Waals surface area contributed by atoms with Crippen molar-refractivity contribution in [3.8, 4) is 0 Å². The lowest BCUT2D eigenvalue weighted by molar-refractivity contribution is -0.274. The molecular weight excluding hydrogens is 329 g/mol. The Morgan fingerprint density at radius 1 is 1.22 bits per heavy atom. The fourth-order valence-corrected chi connectivity index (χ4v) is 2.11. The fourth-order valence-electron chi connectivity index (χ4n) is 1.74. The average molecular weight is 338 g/mol. The van der Waals surface area contributed by atoms with E-state index in [2.05, 4.69) is 15.9 Å². The molecule has 104 valence electrons. The van der Waals surface area contributed by atoms with E-state index in [9.17, 15) is 31.5 Å². The molecule has 1 atom stereocenters. The maximum absolute atomic E-state index is 12.9. The van der Waals surface area contributed by atoms with E-state index in [1.807, 2.05) is 0 Å². The monoisotopic (exact) mass is 337 g/mol. The van der Waals surface area contributed by atoms with Crippen LogP contribution in [-0.2, 0) is 9.59 Å². The number of ketones is 1. The Bertz CT molecular complexity index is 357. The number of hydrogen-bond acceptors (Lipinski definition) is 2. The molecule has 1 fully saturated rings. The van der Waals surface area contributed by atoms with Crippen LogP contribution in [0.5, 0.6) is 0 Å². The number of likely N-dealkylation sites (tertiary alicyclic amines) is 1. The number of halogens is 6. The maximum Gasteiger partial charge on any atom is 0.463 e. The van der Waals surface area contributed by atoms with Gasteiger partial charge in [-0.1, -0.05) is 15.9 Å². The van der Waals surface area contributed by atoms with Gasteiger partial charge in [0.2, 0.25) is 0 Å². The van der Waals surface area contributed by atoms with Gasteiger partial charge >= 0.3 is 18.0 Å². The second kappa shape index (κ2) is 5.10. The summed E-state index contributed by atoms with van der Waals surface area (Å²) in [5, 5.41) is -0.195. The van der Waals surface area contributed by atoms with Crippen molar-refractivity contribution in [2.45, 2.75) is 31.0 Å². The molecule has 0 aromatic carbocycles. The highest BCUT2D eigenvalue weighted by Gasteiger charge is 2.65. The zero-order valence-electron chi connectivity index (χ0n) is 8.94. The lowest BCUT2D eigenvalue weighted by Crippen LogP contribution is -2.54. The molecule has 1 heterocycles. The van der Waals surface area contributed by atoms with E-state index < -0.39 is 29.8 Å². The van der Waals surface area contributed by atoms with Gasteiger partial charge in [-0.2, -0.15) is 22.0 Å². The van der Waals surface area contributed by atoms with Crippen molar-refractivity contribution in [1.29, 1.82) is 0 Å². The van der Waals surface area contributed by atoms with Crippen LogP contribution >= 0.6 is 15.9 Å². The molecule has 1 rings (SSSR count). The molecule has 0 aliphatic carbocycles. The minimum Gasteiger partial charge on any atom is -0.327 e. The van der Waals surface area contributed by atoms with Gasteiger partial charge < -0.3 is 4.90 Å². The summed E-state index contributed by atoms with van der Waals surface area (Å²) in [6.07, 6.45) is -5.62. The van der Waals surface area contributed by atoms with E-state index >= 15 is 0 Å². The molecule has 1 aliphatic rings. The molecule has 0 radical (unpaired) electrons. The number of Topliss-reactive ketones (excluding diaryl/α,β-unsaturated/α-hetero) is 1. The molecule has 1 saturated heterocycles. The number of carbonyl (C=O) groups excluding carboxylic acids is 2. The first-order chi connectivity index (χ1) is 8.13. The van der Waals surface area contributed by atoms with Crippen molar-refractivity contribution in [3.05, 3.63) is 0 Å². The van der Waals surface area contributed by atoms with E-state index in [-0.39, 0.29) is 24.7 Å². The molecule has 0 spiro atoms. The molecule has 0 aromatic heterocycles. The predicted molar refractivity (Wildman–Crippen MR) is 54.5 cm³/mol. The summed E-state index contributed by atoms with van der Waals surface area (Å²) < 4.78 is 61.9. The van der Waals surface area contributed by atoms with Gasteiger partial charge in [-0.25, -0.2) is 0 Å². The van der Waals surface area contributed by atoms with Crippen LogP contribution in [0.1, 0.15) is 12.8 Å². The van der Waals surface area contributed by atoms with E-state index in [4.69, 9.17) is 0 Å². The minimum atomic E-state index is -5.95. The van der Waals surface area contributed by atoms with Crippen LogP contribution in [-0.4, -0.2) is 46.6 Å². The van der Waals surface area contributed by atoms with Crippen molar-refractivity contribution in [3.63, 3.8) is 0 Å². The van der Waals surface area contributed by atoms with Gasteiger partial charge in [0.05, 0.1) is 11.4 Å². The quantitative estimate of drug-likeness (QED) is 0.584. The highest BCUT2D eigenvalue weighted by atomic mass is 79.9. The van der Waals surface area contributed by atoms with Crippen LogP contribution < -0.4 is 0 Å². The van der Waals surface area contributed by atoms with Crippen LogP contribution in [0.25, 0.3) is 0 Å². The molecule has 0 aromatic rings. The Balaban J connectivity index is 2.93. The zero-order valence-corrected chi connectivity index (χ0v) is 10.5. The molecule has 0 unspecified atom stereocenters. The van der Waals surface area contributed by atoms with Crippen molar-refractivity contribution in [2.24, 2.45) is 0 Å². The van der Waals surface area contributed by atoms with E-state index in [1.54, 1.807) is 0 Å². The minimum absolute atomic E-state index is 0.101. The Morgan fingerprint density at radius 3 is 2.22 bits per heavy atom. The van der Waals surface area contributed by atoms with E-state index in [0.29, 0.717) is 4.90 Å². The summed E-state index contributed by atoms with van der Waals surface area (Å²) in [6, 6.07) is -1.20. The number of alkyl halides is 6. The first-order valence-corrected chi connectivity index (χ1v) is 6.09. The summed E-state index contributed by atoms with van der Waals surface area (Å²) in [7, 11) is 0. The molecule has 0 saturated carbocycles. The summed E-state index contributed by atoms with van der Waals surface area (Å²) in [6.45, 7) is -0.270. The molecule has 3 nitrogen and oxygen atoms in total. The van der Waals surface area contributed by atoms with Gasteiger partial charge in [-0.3, -0.25) is 9.59 Å². The molecule has 0 N–H and O–H groups in total. The molecule has 1 aliphatic heterocycles. The number of nitrogens with zero attached hydrogens (tertiary/aromatic N) is 1. The summed E-state index contributed by atoms with van der Waals surface area (Å²) in [5.74, 6) is -8.40. The van der Waals surface area contributed by atoms with E-state index in [0.717, 1.165) is 0 Å². The topological polar surface area (TPSA) is 37.4 Å². The summed E-state index contributed by atoms with van der Waals surface area (Å²) in [5.41, 5.74) is 0. The van der Waals surface area contributed by atoms with Crippen LogP contribution in [0, 0.1) is 0 Å². The fraction of sp³-hybridized carbons (Fsp3) is 0.778. The summed E-state index contributed by atoms with van der Waals surface area (Å²) >= 11 is 2.79. The Hall–Kier alpha value is -0.730. The van der Waals surface area contributed by atoms with Gasteiger partial charge in [-0.05, 0) is 12.8 Å². The van der Waals surface area contributed by atoms with Gasteiger partial charge in [-0.15, -0.1) is 0 Å². The molecule has 0 bridgehead atoms. The molecule has 9 heteroatoms. The molecule has 1 amide bonds. The van der Waals surface area contributed by atoms with Gasteiger partial charge in [0.15, 0.2) is 5.78 Å². The number of amides is 1. The van der Waals surface area contributed by atoms with Crippen molar-refractivity contribution in [2.75, 3.05) is 11.9 Å². The van der Waals surface area contributed by atoms with E-state index in [1.165, 1.54) is 0 Å². The van der Waals surface area contributed by atoms with Crippen molar-refractivity contribution >= 4 is 27.6 Å². The largest absolute Gasteiger partial charge is 0.463 e. The number of hydrogen-bond donors (Lipinski definition) is 0. The van der Waals surface area contributed by atoms with Crippen molar-refractivity contribution in [1.82, 2.24) is 4.90 Å². The molecular formula is C9H9BrF5NO2. The Kier molecular flexibility index (Phi) is 4.34. The van der Waals surface area contributed by atoms with Gasteiger partial charge in [0, 0.05) is 6.54 Å². The SMILES string of the molecule is O=C(CBr)[C@@H]1CCCN1C(=O)C(F)(F)C(F)(F)F. The Morgan fingerprint density at radius 2 is 1.78 bits per heavy atom. The summed E-state index contributed by atoms with van der Waals surface area (Å²) in [4.78, 5) is 22.9. The predicted octanol–water partition coefficient (Wildman–Crippen LogP) is 2.14. The third-order valence-electron chi connectivity index (χ3n) is 2.64. The lowest BCUT2D eigenvalue weighted by atomic mass is 10.1. The van der Waals surface area contributed by atoms with Gasteiger partial charge in [0.1, 0.15) is 0 Å².